The number of benzene rings is 1. The van der Waals surface area contributed by atoms with Crippen LogP contribution < -0.4 is 0 Å². The normalized spacial score (nSPS) is 23.2. The van der Waals surface area contributed by atoms with Gasteiger partial charge in [-0.05, 0) is 24.5 Å². The smallest absolute Gasteiger partial charge is 0.269 e. The zero-order valence-corrected chi connectivity index (χ0v) is 11.3. The fourth-order valence-electron chi connectivity index (χ4n) is 2.11. The van der Waals surface area contributed by atoms with Gasteiger partial charge in [0.2, 0.25) is 0 Å². The third kappa shape index (κ3) is 3.04. The van der Waals surface area contributed by atoms with E-state index in [1.54, 1.807) is 4.90 Å². The van der Waals surface area contributed by atoms with Crippen LogP contribution in [0.4, 0.5) is 5.69 Å². The first-order valence-corrected chi connectivity index (χ1v) is 6.60. The van der Waals surface area contributed by atoms with Gasteiger partial charge in [-0.2, -0.15) is 0 Å². The second kappa shape index (κ2) is 5.57. The number of nitro groups is 1. The average molecular weight is 283 g/mol. The first kappa shape index (κ1) is 13.8. The summed E-state index contributed by atoms with van der Waals surface area (Å²) >= 11 is 6.18. The topological polar surface area (TPSA) is 63.5 Å². The zero-order valence-electron chi connectivity index (χ0n) is 10.6. The Labute approximate surface area is 116 Å². The van der Waals surface area contributed by atoms with Gasteiger partial charge in [-0.1, -0.05) is 6.92 Å². The maximum atomic E-state index is 12.2. The Morgan fingerprint density at radius 2 is 2.05 bits per heavy atom. The number of amides is 1. The minimum atomic E-state index is -0.481. The number of nitrogens with zero attached hydrogens (tertiary/aromatic N) is 2. The van der Waals surface area contributed by atoms with Crippen LogP contribution in [-0.2, 0) is 0 Å². The summed E-state index contributed by atoms with van der Waals surface area (Å²) in [6.45, 7) is 3.28. The van der Waals surface area contributed by atoms with Crippen molar-refractivity contribution in [3.8, 4) is 0 Å². The maximum absolute atomic E-state index is 12.2. The highest BCUT2D eigenvalue weighted by Crippen LogP contribution is 2.23. The molecule has 0 aliphatic carbocycles. The lowest BCUT2D eigenvalue weighted by Crippen LogP contribution is -2.43. The predicted octanol–water partition coefficient (Wildman–Crippen LogP) is 2.68. The number of carbonyl (C=O) groups excluding carboxylic acids is 1. The lowest BCUT2D eigenvalue weighted by atomic mass is 9.98. The quantitative estimate of drug-likeness (QED) is 0.476. The van der Waals surface area contributed by atoms with Crippen LogP contribution >= 0.6 is 11.6 Å². The molecule has 2 rings (SSSR count). The van der Waals surface area contributed by atoms with Gasteiger partial charge in [-0.25, -0.2) is 0 Å². The molecule has 1 heterocycles. The highest BCUT2D eigenvalue weighted by atomic mass is 35.5. The van der Waals surface area contributed by atoms with Crippen LogP contribution in [0.3, 0.4) is 0 Å². The number of hydrogen-bond acceptors (Lipinski definition) is 3. The molecule has 2 atom stereocenters. The lowest BCUT2D eigenvalue weighted by molar-refractivity contribution is -0.384. The molecule has 0 saturated carbocycles. The van der Waals surface area contributed by atoms with Crippen molar-refractivity contribution in [2.45, 2.75) is 18.7 Å². The summed E-state index contributed by atoms with van der Waals surface area (Å²) in [5, 5.41) is 10.5. The summed E-state index contributed by atoms with van der Waals surface area (Å²) in [5.41, 5.74) is 0.447. The van der Waals surface area contributed by atoms with E-state index in [0.717, 1.165) is 6.42 Å². The van der Waals surface area contributed by atoms with E-state index in [1.807, 2.05) is 0 Å². The summed E-state index contributed by atoms with van der Waals surface area (Å²) in [6.07, 6.45) is 0.882. The van der Waals surface area contributed by atoms with Gasteiger partial charge in [-0.3, -0.25) is 14.9 Å². The molecule has 1 aliphatic heterocycles. The van der Waals surface area contributed by atoms with Gasteiger partial charge in [0.1, 0.15) is 0 Å². The predicted molar refractivity (Wildman–Crippen MR) is 72.4 cm³/mol. The van der Waals surface area contributed by atoms with Crippen LogP contribution in [0.5, 0.6) is 0 Å². The van der Waals surface area contributed by atoms with Crippen molar-refractivity contribution in [2.24, 2.45) is 5.92 Å². The van der Waals surface area contributed by atoms with Crippen LogP contribution in [0.1, 0.15) is 23.7 Å². The molecule has 0 aromatic heterocycles. The number of non-ortho nitro benzene ring substituents is 1. The van der Waals surface area contributed by atoms with E-state index in [0.29, 0.717) is 24.6 Å². The van der Waals surface area contributed by atoms with E-state index in [1.165, 1.54) is 24.3 Å². The summed E-state index contributed by atoms with van der Waals surface area (Å²) in [7, 11) is 0. The number of piperidine rings is 1. The standard InChI is InChI=1S/C13H15ClN2O3/c1-9-6-7-15(8-12(9)14)13(17)10-2-4-11(5-3-10)16(18)19/h2-5,9,12H,6-8H2,1H3. The van der Waals surface area contributed by atoms with Crippen molar-refractivity contribution in [3.05, 3.63) is 39.9 Å². The highest BCUT2D eigenvalue weighted by molar-refractivity contribution is 6.21. The Morgan fingerprint density at radius 1 is 1.42 bits per heavy atom. The van der Waals surface area contributed by atoms with Gasteiger partial charge in [0.05, 0.1) is 10.3 Å². The maximum Gasteiger partial charge on any atom is 0.269 e. The number of carbonyl (C=O) groups is 1. The Morgan fingerprint density at radius 3 is 2.58 bits per heavy atom. The largest absolute Gasteiger partial charge is 0.337 e. The number of rotatable bonds is 2. The number of likely N-dealkylation sites (tertiary alicyclic amines) is 1. The number of hydrogen-bond donors (Lipinski definition) is 0. The molecule has 6 heteroatoms. The summed E-state index contributed by atoms with van der Waals surface area (Å²) in [6, 6.07) is 5.67. The lowest BCUT2D eigenvalue weighted by Gasteiger charge is -2.34. The molecular weight excluding hydrogens is 268 g/mol. The first-order valence-electron chi connectivity index (χ1n) is 6.17. The average Bonchev–Trinajstić information content (AvgIpc) is 2.41. The Kier molecular flexibility index (Phi) is 4.04. The molecule has 1 fully saturated rings. The second-order valence-electron chi connectivity index (χ2n) is 4.84. The molecule has 5 nitrogen and oxygen atoms in total. The molecule has 1 saturated heterocycles. The molecule has 1 aliphatic rings. The monoisotopic (exact) mass is 282 g/mol. The minimum Gasteiger partial charge on any atom is -0.337 e. The van der Waals surface area contributed by atoms with Crippen LogP contribution in [0, 0.1) is 16.0 Å². The van der Waals surface area contributed by atoms with Crippen molar-refractivity contribution in [3.63, 3.8) is 0 Å². The van der Waals surface area contributed by atoms with Gasteiger partial charge < -0.3 is 4.90 Å². The van der Waals surface area contributed by atoms with E-state index in [9.17, 15) is 14.9 Å². The molecule has 19 heavy (non-hydrogen) atoms. The van der Waals surface area contributed by atoms with Gasteiger partial charge in [0.25, 0.3) is 11.6 Å². The number of nitro benzene ring substituents is 1. The van der Waals surface area contributed by atoms with Crippen LogP contribution in [0.2, 0.25) is 0 Å². The molecule has 1 aromatic carbocycles. The molecule has 0 bridgehead atoms. The fraction of sp³-hybridized carbons (Fsp3) is 0.462. The Balaban J connectivity index is 2.09. The molecule has 102 valence electrons. The van der Waals surface area contributed by atoms with E-state index < -0.39 is 4.92 Å². The highest BCUT2D eigenvalue weighted by Gasteiger charge is 2.28. The third-order valence-electron chi connectivity index (χ3n) is 3.48. The summed E-state index contributed by atoms with van der Waals surface area (Å²) < 4.78 is 0. The first-order chi connectivity index (χ1) is 8.99. The molecule has 1 amide bonds. The second-order valence-corrected chi connectivity index (χ2v) is 5.40. The molecule has 0 N–H and O–H groups in total. The van der Waals surface area contributed by atoms with Gasteiger partial charge >= 0.3 is 0 Å². The van der Waals surface area contributed by atoms with E-state index in [2.05, 4.69) is 6.92 Å². The van der Waals surface area contributed by atoms with Crippen molar-refractivity contribution in [2.75, 3.05) is 13.1 Å². The molecule has 0 spiro atoms. The number of halogens is 1. The zero-order chi connectivity index (χ0) is 14.0. The van der Waals surface area contributed by atoms with Crippen LogP contribution in [0.15, 0.2) is 24.3 Å². The SMILES string of the molecule is CC1CCN(C(=O)c2ccc([N+](=O)[O-])cc2)CC1Cl. The van der Waals surface area contributed by atoms with E-state index in [4.69, 9.17) is 11.6 Å². The molecule has 0 radical (unpaired) electrons. The third-order valence-corrected chi connectivity index (χ3v) is 4.05. The Bertz CT molecular complexity index is 489. The fourth-order valence-corrected chi connectivity index (χ4v) is 2.41. The van der Waals surface area contributed by atoms with E-state index >= 15 is 0 Å². The van der Waals surface area contributed by atoms with Crippen LogP contribution in [0.25, 0.3) is 0 Å². The Hall–Kier alpha value is -1.62. The summed E-state index contributed by atoms with van der Waals surface area (Å²) in [4.78, 5) is 24.0. The molecule has 2 unspecified atom stereocenters. The number of alkyl halides is 1. The van der Waals surface area contributed by atoms with Crippen molar-refractivity contribution in [1.29, 1.82) is 0 Å². The molecular formula is C13H15ClN2O3. The van der Waals surface area contributed by atoms with Crippen molar-refractivity contribution >= 4 is 23.2 Å². The van der Waals surface area contributed by atoms with Crippen LogP contribution in [-0.4, -0.2) is 34.2 Å². The summed E-state index contributed by atoms with van der Waals surface area (Å²) in [5.74, 6) is 0.287. The van der Waals surface area contributed by atoms with Crippen molar-refractivity contribution in [1.82, 2.24) is 4.90 Å². The minimum absolute atomic E-state index is 0.0148. The van der Waals surface area contributed by atoms with Gasteiger partial charge in [0.15, 0.2) is 0 Å². The van der Waals surface area contributed by atoms with Gasteiger partial charge in [-0.15, -0.1) is 11.6 Å². The van der Waals surface area contributed by atoms with E-state index in [-0.39, 0.29) is 17.0 Å². The molecule has 1 aromatic rings. The van der Waals surface area contributed by atoms with Gasteiger partial charge in [0, 0.05) is 30.8 Å². The van der Waals surface area contributed by atoms with Crippen molar-refractivity contribution < 1.29 is 9.72 Å².